The Labute approximate surface area is 335 Å². The summed E-state index contributed by atoms with van der Waals surface area (Å²) in [7, 11) is 1.61. The first-order chi connectivity index (χ1) is 27.3. The average Bonchev–Trinajstić information content (AvgIpc) is 3.64. The summed E-state index contributed by atoms with van der Waals surface area (Å²) in [5, 5.41) is 13.6. The molecule has 2 fully saturated rings. The monoisotopic (exact) mass is 797 g/mol. The minimum absolute atomic E-state index is 0.0117. The topological polar surface area (TPSA) is 197 Å². The number of nitrogens with zero attached hydrogens (tertiary/aromatic N) is 6. The highest BCUT2D eigenvalue weighted by Gasteiger charge is 2.60. The summed E-state index contributed by atoms with van der Waals surface area (Å²) < 4.78 is 14.0. The smallest absolute Gasteiger partial charge is 0.291 e. The van der Waals surface area contributed by atoms with Gasteiger partial charge in [-0.05, 0) is 64.5 Å². The van der Waals surface area contributed by atoms with E-state index in [4.69, 9.17) is 25.2 Å². The third kappa shape index (κ3) is 8.09. The number of ether oxygens (including phenoxy) is 2. The number of hydrogen-bond acceptors (Lipinski definition) is 11. The molecule has 0 unspecified atom stereocenters. The molecular formula is C41H51N9O6S. The molecule has 1 aromatic carbocycles. The van der Waals surface area contributed by atoms with E-state index in [-0.39, 0.29) is 36.7 Å². The van der Waals surface area contributed by atoms with Gasteiger partial charge in [-0.1, -0.05) is 38.8 Å². The zero-order valence-electron chi connectivity index (χ0n) is 33.3. The number of benzene rings is 1. The lowest BCUT2D eigenvalue weighted by molar-refractivity contribution is -0.141. The molecule has 57 heavy (non-hydrogen) atoms. The first-order valence-corrected chi connectivity index (χ1v) is 20.6. The molecule has 3 aliphatic rings. The average molecular weight is 798 g/mol. The van der Waals surface area contributed by atoms with Crippen LogP contribution < -0.4 is 25.8 Å². The molecule has 5 heterocycles. The number of fused-ring (bicyclic) bond motifs is 3. The summed E-state index contributed by atoms with van der Waals surface area (Å²) in [6.07, 6.45) is 8.74. The standard InChI is InChI=1S/C41H51N9O6S/c1-22(2)30-20-57-38(46-30)29-17-33(27-14-15-32(55-6)24(5)34(27)44-29)56-26-16-31-36(51)47-41(40(42)54)18-25(41)12-10-8-7-9-11-13-28(39(53)49(31)19-26)45-37(52)35-43-21-50(48-35)23(3)4/h10,12,14-15,17,20-23,25-26,28,31H,7-9,11,13,16,18-19H2,1-6H3,(H2,42,54)(H,45,52)(H,47,51)/b12-10-/t25-,26-,28+,31+,41-/m1/s1. The predicted octanol–water partition coefficient (Wildman–Crippen LogP) is 5.00. The van der Waals surface area contributed by atoms with Crippen LogP contribution in [0.1, 0.15) is 106 Å². The van der Waals surface area contributed by atoms with Crippen LogP contribution in [0.5, 0.6) is 11.5 Å². The van der Waals surface area contributed by atoms with Crippen molar-refractivity contribution >= 4 is 45.9 Å². The molecule has 0 bridgehead atoms. The number of nitrogens with one attached hydrogen (secondary N) is 2. The lowest BCUT2D eigenvalue weighted by Gasteiger charge is -2.29. The lowest BCUT2D eigenvalue weighted by atomic mass is 10.0. The van der Waals surface area contributed by atoms with E-state index >= 15 is 0 Å². The van der Waals surface area contributed by atoms with Gasteiger partial charge in [0.25, 0.3) is 5.91 Å². The van der Waals surface area contributed by atoms with Crippen molar-refractivity contribution in [3.8, 4) is 22.2 Å². The molecule has 302 valence electrons. The Morgan fingerprint density at radius 3 is 2.61 bits per heavy atom. The Balaban J connectivity index is 1.24. The van der Waals surface area contributed by atoms with Crippen LogP contribution in [0, 0.1) is 12.8 Å². The fourth-order valence-corrected chi connectivity index (χ4v) is 8.64. The van der Waals surface area contributed by atoms with Gasteiger partial charge in [-0.25, -0.2) is 19.6 Å². The highest BCUT2D eigenvalue weighted by atomic mass is 32.1. The van der Waals surface area contributed by atoms with E-state index in [1.54, 1.807) is 11.8 Å². The third-order valence-corrected chi connectivity index (χ3v) is 12.1. The molecule has 4 amide bonds. The van der Waals surface area contributed by atoms with Crippen molar-refractivity contribution in [2.24, 2.45) is 11.7 Å². The number of allylic oxidation sites excluding steroid dienone is 1. The molecule has 1 saturated carbocycles. The fraction of sp³-hybridized carbons (Fsp3) is 0.512. The van der Waals surface area contributed by atoms with Gasteiger partial charge in [-0.15, -0.1) is 16.4 Å². The Morgan fingerprint density at radius 2 is 1.91 bits per heavy atom. The number of amides is 4. The SMILES string of the molecule is COc1ccc2c(O[C@@H]3C[C@H]4C(=O)N[C@]5(C(N)=O)C[C@H]5/C=C\CCCCC[C@H](NC(=O)c5ncn(C(C)C)n5)C(=O)N4C3)cc(-c3nc(C(C)C)cs3)nc2c1C. The van der Waals surface area contributed by atoms with Gasteiger partial charge < -0.3 is 30.7 Å². The molecule has 1 aliphatic carbocycles. The molecule has 15 nitrogen and oxygen atoms in total. The number of primary amides is 1. The number of rotatable bonds is 9. The number of thiazole rings is 1. The van der Waals surface area contributed by atoms with E-state index in [0.717, 1.165) is 40.9 Å². The van der Waals surface area contributed by atoms with Crippen LogP contribution in [0.15, 0.2) is 42.1 Å². The maximum Gasteiger partial charge on any atom is 0.291 e. The number of aryl methyl sites for hydroxylation is 1. The van der Waals surface area contributed by atoms with Crippen LogP contribution in [0.2, 0.25) is 0 Å². The number of carbonyl (C=O) groups is 4. The molecular weight excluding hydrogens is 747 g/mol. The molecule has 16 heteroatoms. The molecule has 3 aromatic heterocycles. The number of pyridine rings is 1. The van der Waals surface area contributed by atoms with Gasteiger partial charge in [0.2, 0.25) is 23.5 Å². The van der Waals surface area contributed by atoms with Gasteiger partial charge in [-0.3, -0.25) is 19.2 Å². The number of aromatic nitrogens is 5. The van der Waals surface area contributed by atoms with Gasteiger partial charge >= 0.3 is 0 Å². The molecule has 4 aromatic rings. The summed E-state index contributed by atoms with van der Waals surface area (Å²) in [5.41, 5.74) is 7.75. The van der Waals surface area contributed by atoms with E-state index in [9.17, 15) is 19.2 Å². The lowest BCUT2D eigenvalue weighted by Crippen LogP contribution is -2.57. The summed E-state index contributed by atoms with van der Waals surface area (Å²) in [6, 6.07) is 3.60. The molecule has 5 atom stereocenters. The second-order valence-electron chi connectivity index (χ2n) is 15.9. The first kappa shape index (κ1) is 39.8. The second-order valence-corrected chi connectivity index (χ2v) is 16.7. The quantitative estimate of drug-likeness (QED) is 0.194. The zero-order valence-corrected chi connectivity index (χ0v) is 34.1. The molecule has 4 N–H and O–H groups in total. The Morgan fingerprint density at radius 1 is 1.11 bits per heavy atom. The Hall–Kier alpha value is -5.38. The minimum atomic E-state index is -1.24. The van der Waals surface area contributed by atoms with Crippen molar-refractivity contribution < 1.29 is 28.7 Å². The molecule has 0 radical (unpaired) electrons. The van der Waals surface area contributed by atoms with Crippen LogP contribution in [0.3, 0.4) is 0 Å². The largest absolute Gasteiger partial charge is 0.496 e. The minimum Gasteiger partial charge on any atom is -0.496 e. The van der Waals surface area contributed by atoms with Gasteiger partial charge in [0.15, 0.2) is 0 Å². The maximum atomic E-state index is 14.7. The van der Waals surface area contributed by atoms with E-state index < -0.39 is 47.4 Å². The summed E-state index contributed by atoms with van der Waals surface area (Å²) >= 11 is 1.50. The summed E-state index contributed by atoms with van der Waals surface area (Å²) in [4.78, 5) is 70.9. The van der Waals surface area contributed by atoms with Crippen LogP contribution in [-0.2, 0) is 14.4 Å². The Bertz CT molecular complexity index is 2210. The Kier molecular flexibility index (Phi) is 11.3. The number of carbonyl (C=O) groups excluding carboxylic acids is 4. The van der Waals surface area contributed by atoms with Gasteiger partial charge in [0, 0.05) is 40.8 Å². The predicted molar refractivity (Wildman–Crippen MR) is 215 cm³/mol. The maximum absolute atomic E-state index is 14.7. The number of methoxy groups -OCH3 is 1. The van der Waals surface area contributed by atoms with Crippen molar-refractivity contribution in [3.63, 3.8) is 0 Å². The normalized spacial score (nSPS) is 24.7. The second kappa shape index (κ2) is 16.2. The molecule has 0 spiro atoms. The molecule has 1 saturated heterocycles. The van der Waals surface area contributed by atoms with E-state index in [1.807, 2.05) is 56.5 Å². The third-order valence-electron chi connectivity index (χ3n) is 11.2. The van der Waals surface area contributed by atoms with E-state index in [1.165, 1.54) is 22.6 Å². The van der Waals surface area contributed by atoms with Crippen molar-refractivity contribution in [1.82, 2.24) is 40.3 Å². The highest BCUT2D eigenvalue weighted by molar-refractivity contribution is 7.13. The van der Waals surface area contributed by atoms with E-state index in [0.29, 0.717) is 42.0 Å². The van der Waals surface area contributed by atoms with Crippen LogP contribution in [-0.4, -0.2) is 90.6 Å². The van der Waals surface area contributed by atoms with Gasteiger partial charge in [0.1, 0.15) is 52.3 Å². The van der Waals surface area contributed by atoms with Gasteiger partial charge in [-0.2, -0.15) is 0 Å². The van der Waals surface area contributed by atoms with E-state index in [2.05, 4.69) is 34.6 Å². The van der Waals surface area contributed by atoms with Crippen molar-refractivity contribution in [2.75, 3.05) is 13.7 Å². The van der Waals surface area contributed by atoms with Gasteiger partial charge in [0.05, 0.1) is 24.9 Å². The van der Waals surface area contributed by atoms with Crippen molar-refractivity contribution in [1.29, 1.82) is 0 Å². The van der Waals surface area contributed by atoms with Crippen LogP contribution in [0.25, 0.3) is 21.6 Å². The fourth-order valence-electron chi connectivity index (χ4n) is 7.70. The zero-order chi connectivity index (χ0) is 40.6. The number of nitrogens with two attached hydrogens (primary N) is 1. The van der Waals surface area contributed by atoms with Crippen LogP contribution >= 0.6 is 11.3 Å². The van der Waals surface area contributed by atoms with Crippen molar-refractivity contribution in [3.05, 3.63) is 59.1 Å². The van der Waals surface area contributed by atoms with Crippen molar-refractivity contribution in [2.45, 2.75) is 115 Å². The highest BCUT2D eigenvalue weighted by Crippen LogP contribution is 2.45. The molecule has 7 rings (SSSR count). The number of hydrogen-bond donors (Lipinski definition) is 3. The summed E-state index contributed by atoms with van der Waals surface area (Å²) in [6.45, 7) is 10.00. The van der Waals surface area contributed by atoms with Crippen LogP contribution in [0.4, 0.5) is 0 Å². The molecule has 2 aliphatic heterocycles. The first-order valence-electron chi connectivity index (χ1n) is 19.7. The summed E-state index contributed by atoms with van der Waals surface area (Å²) in [5.74, 6) is -1.02.